The number of rotatable bonds is 6. The average Bonchev–Trinajstić information content (AvgIpc) is 3.15. The van der Waals surface area contributed by atoms with Crippen LogP contribution in [-0.2, 0) is 30.0 Å². The van der Waals surface area contributed by atoms with Crippen molar-refractivity contribution in [2.45, 2.75) is 116 Å². The zero-order valence-corrected chi connectivity index (χ0v) is 36.5. The highest BCUT2D eigenvalue weighted by atomic mass is 32.2. The Labute approximate surface area is 355 Å². The predicted octanol–water partition coefficient (Wildman–Crippen LogP) is 8.74. The van der Waals surface area contributed by atoms with Crippen LogP contribution in [0.1, 0.15) is 92.2 Å². The Hall–Kier alpha value is -4.40. The van der Waals surface area contributed by atoms with Gasteiger partial charge in [-0.15, -0.1) is 0 Å². The first kappa shape index (κ1) is 46.7. The number of nitro benzene ring substituents is 2. The van der Waals surface area contributed by atoms with Gasteiger partial charge in [0.05, 0.1) is 46.3 Å². The Balaban J connectivity index is 0.000000228. The molecule has 2 N–H and O–H groups in total. The Bertz CT molecular complexity index is 1890. The fourth-order valence-corrected chi connectivity index (χ4v) is 9.72. The summed E-state index contributed by atoms with van der Waals surface area (Å²) in [5.41, 5.74) is -3.57. The zero-order valence-electron chi connectivity index (χ0n) is 34.9. The number of nitrogens with zero attached hydrogens (tertiary/aromatic N) is 4. The quantitative estimate of drug-likeness (QED) is 0.206. The Morgan fingerprint density at radius 3 is 1.43 bits per heavy atom. The van der Waals surface area contributed by atoms with Crippen LogP contribution in [0, 0.1) is 43.7 Å². The number of hydrogen-bond acceptors (Lipinski definition) is 14. The second-order valence-electron chi connectivity index (χ2n) is 16.9. The van der Waals surface area contributed by atoms with Crippen molar-refractivity contribution in [3.05, 3.63) is 79.4 Å². The van der Waals surface area contributed by atoms with Crippen molar-refractivity contribution in [1.82, 2.24) is 10.6 Å². The lowest BCUT2D eigenvalue weighted by Gasteiger charge is -2.46. The molecule has 0 radical (unpaired) electrons. The fraction of sp³-hybridized carbons (Fsp3) is 0.600. The van der Waals surface area contributed by atoms with Crippen molar-refractivity contribution < 1.29 is 47.2 Å². The van der Waals surface area contributed by atoms with Crippen LogP contribution in [0.5, 0.6) is 0 Å². The van der Waals surface area contributed by atoms with Gasteiger partial charge in [0.2, 0.25) is 0 Å². The molecule has 328 valence electrons. The number of ether oxygens (including phenoxy) is 4. The van der Waals surface area contributed by atoms with E-state index >= 15 is 0 Å². The van der Waals surface area contributed by atoms with Gasteiger partial charge in [0, 0.05) is 71.6 Å². The summed E-state index contributed by atoms with van der Waals surface area (Å²) in [5.74, 6) is -0.457. The maximum absolute atomic E-state index is 15.0. The van der Waals surface area contributed by atoms with Crippen LogP contribution < -0.4 is 10.6 Å². The largest absolute Gasteiger partial charge is 0.444 e. The molecule has 16 nitrogen and oxygen atoms in total. The molecule has 2 amide bonds. The number of benzene rings is 2. The Morgan fingerprint density at radius 1 is 0.750 bits per heavy atom. The first-order chi connectivity index (χ1) is 28.1. The third-order valence-electron chi connectivity index (χ3n) is 10.3. The minimum atomic E-state index is -1.06. The molecule has 0 aromatic heterocycles. The molecular formula is C40H52F2N6O10S2. The van der Waals surface area contributed by atoms with Crippen LogP contribution >= 0.6 is 23.5 Å². The number of thioether (sulfide) groups is 2. The molecule has 6 rings (SSSR count). The molecule has 4 heterocycles. The highest BCUT2D eigenvalue weighted by Gasteiger charge is 2.52. The number of nitrogens with one attached hydrogen (secondary N) is 2. The van der Waals surface area contributed by atoms with E-state index < -0.39 is 55.9 Å². The number of fused-ring (bicyclic) bond motifs is 2. The van der Waals surface area contributed by atoms with E-state index in [1.807, 2.05) is 13.8 Å². The summed E-state index contributed by atoms with van der Waals surface area (Å²) in [4.78, 5) is 55.5. The molecule has 2 aromatic carbocycles. The first-order valence-corrected chi connectivity index (χ1v) is 21.6. The molecule has 2 saturated heterocycles. The smallest absolute Gasteiger partial charge is 0.413 e. The fourth-order valence-electron chi connectivity index (χ4n) is 7.49. The Morgan fingerprint density at radius 2 is 1.12 bits per heavy atom. The highest BCUT2D eigenvalue weighted by molar-refractivity contribution is 8.14. The molecule has 4 aliphatic heterocycles. The molecule has 0 saturated carbocycles. The van der Waals surface area contributed by atoms with Crippen molar-refractivity contribution >= 4 is 57.4 Å². The van der Waals surface area contributed by atoms with Gasteiger partial charge in [-0.05, 0) is 66.5 Å². The monoisotopic (exact) mass is 878 g/mol. The van der Waals surface area contributed by atoms with Crippen molar-refractivity contribution in [3.8, 4) is 0 Å². The maximum atomic E-state index is 15.0. The SMILES string of the molecule is CC[C@H]1C[C@]2(c3cc([N+](=O)[O-])ccc3F)N=C(NC(=O)OC(C)(C)C)SC[C@@H]2CO1.CC[C@H]1C[C@]2(c3cc([N+](=O)[O-])ccc3F)N=C(NC(=O)OC(C)(C)C)SC[C@@H]2CO1. The number of alkyl carbamates (subject to hydrolysis) is 2. The molecule has 0 unspecified atom stereocenters. The maximum Gasteiger partial charge on any atom is 0.413 e. The van der Waals surface area contributed by atoms with E-state index in [2.05, 4.69) is 10.6 Å². The molecule has 0 bridgehead atoms. The molecule has 0 aliphatic carbocycles. The number of aliphatic imine (C=N–C) groups is 2. The van der Waals surface area contributed by atoms with Crippen LogP contribution in [0.15, 0.2) is 46.4 Å². The van der Waals surface area contributed by atoms with E-state index in [1.54, 1.807) is 41.5 Å². The summed E-state index contributed by atoms with van der Waals surface area (Å²) in [6, 6.07) is 7.00. The van der Waals surface area contributed by atoms with Gasteiger partial charge in [-0.2, -0.15) is 0 Å². The summed E-state index contributed by atoms with van der Waals surface area (Å²) in [5, 5.41) is 28.5. The second kappa shape index (κ2) is 18.7. The number of amides is 2. The molecule has 0 spiro atoms. The van der Waals surface area contributed by atoms with Crippen LogP contribution in [-0.4, -0.2) is 80.5 Å². The van der Waals surface area contributed by atoms with Crippen molar-refractivity contribution in [2.24, 2.45) is 21.8 Å². The van der Waals surface area contributed by atoms with Crippen LogP contribution in [0.3, 0.4) is 0 Å². The zero-order chi connectivity index (χ0) is 44.2. The lowest BCUT2D eigenvalue weighted by molar-refractivity contribution is -0.385. The number of carbonyl (C=O) groups excluding carboxylic acids is 2. The van der Waals surface area contributed by atoms with Gasteiger partial charge in [-0.1, -0.05) is 37.4 Å². The predicted molar refractivity (Wildman–Crippen MR) is 224 cm³/mol. The summed E-state index contributed by atoms with van der Waals surface area (Å²) < 4.78 is 52.3. The van der Waals surface area contributed by atoms with Crippen LogP contribution in [0.2, 0.25) is 0 Å². The number of hydrogen-bond donors (Lipinski definition) is 2. The Kier molecular flexibility index (Phi) is 14.5. The third-order valence-corrected chi connectivity index (χ3v) is 12.4. The van der Waals surface area contributed by atoms with Gasteiger partial charge in [0.25, 0.3) is 11.4 Å². The van der Waals surface area contributed by atoms with Gasteiger partial charge >= 0.3 is 12.2 Å². The molecule has 20 heteroatoms. The van der Waals surface area contributed by atoms with E-state index in [4.69, 9.17) is 28.9 Å². The molecular weight excluding hydrogens is 827 g/mol. The number of non-ortho nitro benzene ring substituents is 2. The van der Waals surface area contributed by atoms with E-state index in [9.17, 15) is 38.6 Å². The van der Waals surface area contributed by atoms with E-state index in [0.29, 0.717) is 60.7 Å². The van der Waals surface area contributed by atoms with Gasteiger partial charge in [-0.25, -0.2) is 18.4 Å². The van der Waals surface area contributed by atoms with Crippen molar-refractivity contribution in [2.75, 3.05) is 24.7 Å². The minimum Gasteiger partial charge on any atom is -0.444 e. The number of carbonyl (C=O) groups is 2. The normalized spacial score (nSPS) is 26.4. The number of amidine groups is 2. The minimum absolute atomic E-state index is 0.159. The third kappa shape index (κ3) is 11.1. The van der Waals surface area contributed by atoms with Gasteiger partial charge < -0.3 is 18.9 Å². The average molecular weight is 879 g/mol. The highest BCUT2D eigenvalue weighted by Crippen LogP contribution is 2.50. The van der Waals surface area contributed by atoms with Crippen molar-refractivity contribution in [1.29, 1.82) is 0 Å². The first-order valence-electron chi connectivity index (χ1n) is 19.6. The van der Waals surface area contributed by atoms with Gasteiger partial charge in [0.1, 0.15) is 22.8 Å². The molecule has 6 atom stereocenters. The van der Waals surface area contributed by atoms with Gasteiger partial charge in [0.15, 0.2) is 10.3 Å². The lowest BCUT2D eigenvalue weighted by Crippen LogP contribution is -2.51. The van der Waals surface area contributed by atoms with E-state index in [1.165, 1.54) is 35.7 Å². The summed E-state index contributed by atoms with van der Waals surface area (Å²) in [6.07, 6.45) is 0.481. The van der Waals surface area contributed by atoms with Crippen molar-refractivity contribution in [3.63, 3.8) is 0 Å². The van der Waals surface area contributed by atoms with Crippen LogP contribution in [0.25, 0.3) is 0 Å². The van der Waals surface area contributed by atoms with E-state index in [-0.39, 0.29) is 46.5 Å². The lowest BCUT2D eigenvalue weighted by atomic mass is 9.73. The molecule has 2 fully saturated rings. The number of nitro groups is 2. The summed E-state index contributed by atoms with van der Waals surface area (Å²) in [6.45, 7) is 15.2. The molecule has 2 aromatic rings. The molecule has 4 aliphatic rings. The van der Waals surface area contributed by atoms with E-state index in [0.717, 1.165) is 24.3 Å². The summed E-state index contributed by atoms with van der Waals surface area (Å²) >= 11 is 2.65. The van der Waals surface area contributed by atoms with Crippen LogP contribution in [0.4, 0.5) is 29.7 Å². The second-order valence-corrected chi connectivity index (χ2v) is 18.9. The van der Waals surface area contributed by atoms with Gasteiger partial charge in [-0.3, -0.25) is 40.8 Å². The topological polar surface area (TPSA) is 206 Å². The summed E-state index contributed by atoms with van der Waals surface area (Å²) in [7, 11) is 0. The number of halogens is 2. The molecule has 60 heavy (non-hydrogen) atoms. The standard InChI is InChI=1S/2C20H26FN3O5S/c2*1-5-14-9-20(15-8-13(24(26)27)6-7-16(15)21)12(10-28-14)11-30-17(23-20)22-18(25)29-19(2,3)4/h2*6-8,12,14H,5,9-11H2,1-4H3,(H,22,23,25)/t2*12-,14-,20-/m00/s1.